The van der Waals surface area contributed by atoms with E-state index >= 15 is 0 Å². The number of rotatable bonds is 3. The number of nitrogens with one attached hydrogen (secondary N) is 1. The van der Waals surface area contributed by atoms with Gasteiger partial charge in [0.15, 0.2) is 11.7 Å². The van der Waals surface area contributed by atoms with Crippen LogP contribution in [0.1, 0.15) is 10.4 Å². The minimum absolute atomic E-state index is 0.0376. The Bertz CT molecular complexity index is 471. The van der Waals surface area contributed by atoms with E-state index in [9.17, 15) is 14.9 Å². The first kappa shape index (κ1) is 11.1. The number of carbonyl (C=O) groups is 1. The van der Waals surface area contributed by atoms with Gasteiger partial charge >= 0.3 is 0 Å². The van der Waals surface area contributed by atoms with Gasteiger partial charge < -0.3 is 10.1 Å². The summed E-state index contributed by atoms with van der Waals surface area (Å²) in [4.78, 5) is 21.6. The molecule has 1 aliphatic heterocycles. The Morgan fingerprint density at radius 2 is 2.12 bits per heavy atom. The fraction of sp³-hybridized carbons (Fsp3) is 0.182. The molecule has 0 spiro atoms. The quantitative estimate of drug-likeness (QED) is 0.368. The zero-order valence-corrected chi connectivity index (χ0v) is 8.88. The highest BCUT2D eigenvalue weighted by Gasteiger charge is 2.11. The predicted octanol–water partition coefficient (Wildman–Crippen LogP) is 1.24. The fourth-order valence-electron chi connectivity index (χ4n) is 1.43. The van der Waals surface area contributed by atoms with Crippen LogP contribution in [0.3, 0.4) is 0 Å². The lowest BCUT2D eigenvalue weighted by Gasteiger charge is -1.98. The smallest absolute Gasteiger partial charge is 0.269 e. The van der Waals surface area contributed by atoms with Gasteiger partial charge in [0, 0.05) is 23.8 Å². The van der Waals surface area contributed by atoms with Crippen LogP contribution in [-0.4, -0.2) is 23.9 Å². The van der Waals surface area contributed by atoms with Crippen LogP contribution in [0.25, 0.3) is 0 Å². The van der Waals surface area contributed by atoms with Crippen molar-refractivity contribution in [2.75, 3.05) is 13.2 Å². The summed E-state index contributed by atoms with van der Waals surface area (Å²) in [5, 5.41) is 13.3. The number of allylic oxidation sites excluding steroid dienone is 1. The molecule has 1 heterocycles. The Labute approximate surface area is 97.0 Å². The minimum Gasteiger partial charge on any atom is -0.477 e. The fourth-order valence-corrected chi connectivity index (χ4v) is 1.43. The van der Waals surface area contributed by atoms with Gasteiger partial charge in [-0.05, 0) is 12.1 Å². The molecular weight excluding hydrogens is 224 g/mol. The normalized spacial score (nSPS) is 16.4. The second-order valence-corrected chi connectivity index (χ2v) is 3.45. The van der Waals surface area contributed by atoms with Crippen LogP contribution in [0.5, 0.6) is 0 Å². The number of carbonyl (C=O) groups excluding carboxylic acids is 1. The molecule has 1 aliphatic rings. The number of nitrogens with zero attached hydrogens (tertiary/aromatic N) is 1. The molecule has 1 N–H and O–H groups in total. The summed E-state index contributed by atoms with van der Waals surface area (Å²) < 4.78 is 5.13. The van der Waals surface area contributed by atoms with Crippen molar-refractivity contribution in [3.8, 4) is 0 Å². The van der Waals surface area contributed by atoms with Gasteiger partial charge in [0.2, 0.25) is 0 Å². The number of nitro benzene ring substituents is 1. The van der Waals surface area contributed by atoms with E-state index in [2.05, 4.69) is 5.32 Å². The predicted molar refractivity (Wildman–Crippen MR) is 59.5 cm³/mol. The number of hydrogen-bond acceptors (Lipinski definition) is 5. The largest absolute Gasteiger partial charge is 0.477 e. The molecule has 0 aromatic heterocycles. The Morgan fingerprint density at radius 3 is 2.65 bits per heavy atom. The van der Waals surface area contributed by atoms with Crippen LogP contribution in [0, 0.1) is 10.1 Å². The summed E-state index contributed by atoms with van der Waals surface area (Å²) in [6.07, 6.45) is 1.34. The first-order valence-electron chi connectivity index (χ1n) is 5.04. The van der Waals surface area contributed by atoms with E-state index < -0.39 is 4.92 Å². The van der Waals surface area contributed by atoms with Crippen molar-refractivity contribution in [2.24, 2.45) is 0 Å². The van der Waals surface area contributed by atoms with E-state index in [-0.39, 0.29) is 11.5 Å². The SMILES string of the molecule is O=C(/C=C1\NCCO1)c1ccc([N+](=O)[O-])cc1. The van der Waals surface area contributed by atoms with Crippen LogP contribution in [-0.2, 0) is 4.74 Å². The monoisotopic (exact) mass is 234 g/mol. The standard InChI is InChI=1S/C11H10N2O4/c14-10(7-11-12-5-6-17-11)8-1-3-9(4-2-8)13(15)16/h1-4,7,12H,5-6H2/b11-7+. The van der Waals surface area contributed by atoms with Crippen molar-refractivity contribution in [2.45, 2.75) is 0 Å². The second kappa shape index (κ2) is 4.65. The third-order valence-electron chi connectivity index (χ3n) is 2.28. The maximum atomic E-state index is 11.7. The highest BCUT2D eigenvalue weighted by atomic mass is 16.6. The molecule has 17 heavy (non-hydrogen) atoms. The Hall–Kier alpha value is -2.37. The van der Waals surface area contributed by atoms with Crippen molar-refractivity contribution in [1.29, 1.82) is 0 Å². The summed E-state index contributed by atoms with van der Waals surface area (Å²) in [6.45, 7) is 1.22. The zero-order valence-electron chi connectivity index (χ0n) is 8.88. The molecule has 0 amide bonds. The summed E-state index contributed by atoms with van der Waals surface area (Å²) in [6, 6.07) is 5.45. The van der Waals surface area contributed by atoms with Gasteiger partial charge in [-0.1, -0.05) is 0 Å². The molecule has 6 heteroatoms. The van der Waals surface area contributed by atoms with Gasteiger partial charge in [0.25, 0.3) is 5.69 Å². The Balaban J connectivity index is 2.14. The summed E-state index contributed by atoms with van der Waals surface area (Å²) in [5.41, 5.74) is 0.352. The van der Waals surface area contributed by atoms with Gasteiger partial charge in [-0.15, -0.1) is 0 Å². The maximum absolute atomic E-state index is 11.7. The first-order valence-corrected chi connectivity index (χ1v) is 5.04. The van der Waals surface area contributed by atoms with E-state index in [1.165, 1.54) is 30.3 Å². The topological polar surface area (TPSA) is 81.5 Å². The third kappa shape index (κ3) is 2.60. The molecule has 0 atom stereocenters. The molecule has 1 aromatic carbocycles. The molecule has 1 fully saturated rings. The van der Waals surface area contributed by atoms with Crippen molar-refractivity contribution < 1.29 is 14.5 Å². The summed E-state index contributed by atoms with van der Waals surface area (Å²) in [5.74, 6) is 0.192. The molecule has 6 nitrogen and oxygen atoms in total. The number of non-ortho nitro benzene ring substituents is 1. The lowest BCUT2D eigenvalue weighted by molar-refractivity contribution is -0.384. The van der Waals surface area contributed by atoms with E-state index in [1.807, 2.05) is 0 Å². The van der Waals surface area contributed by atoms with E-state index in [0.29, 0.717) is 24.6 Å². The van der Waals surface area contributed by atoms with Crippen LogP contribution in [0.2, 0.25) is 0 Å². The lowest BCUT2D eigenvalue weighted by Crippen LogP contribution is -2.07. The number of nitro groups is 1. The highest BCUT2D eigenvalue weighted by molar-refractivity contribution is 6.04. The van der Waals surface area contributed by atoms with Crippen molar-refractivity contribution in [3.63, 3.8) is 0 Å². The van der Waals surface area contributed by atoms with E-state index in [4.69, 9.17) is 4.74 Å². The Kier molecular flexibility index (Phi) is 3.04. The molecule has 0 bridgehead atoms. The molecule has 1 aromatic rings. The maximum Gasteiger partial charge on any atom is 0.269 e. The number of hydrogen-bond donors (Lipinski definition) is 1. The van der Waals surface area contributed by atoms with E-state index in [1.54, 1.807) is 0 Å². The highest BCUT2D eigenvalue weighted by Crippen LogP contribution is 2.13. The van der Waals surface area contributed by atoms with Gasteiger partial charge in [-0.2, -0.15) is 0 Å². The van der Waals surface area contributed by atoms with Gasteiger partial charge in [-0.25, -0.2) is 0 Å². The average molecular weight is 234 g/mol. The zero-order chi connectivity index (χ0) is 12.3. The average Bonchev–Trinajstić information content (AvgIpc) is 2.82. The summed E-state index contributed by atoms with van der Waals surface area (Å²) >= 11 is 0. The van der Waals surface area contributed by atoms with Gasteiger partial charge in [0.05, 0.1) is 11.5 Å². The number of ketones is 1. The molecule has 0 radical (unpaired) electrons. The second-order valence-electron chi connectivity index (χ2n) is 3.45. The first-order chi connectivity index (χ1) is 8.16. The molecule has 88 valence electrons. The molecule has 1 saturated heterocycles. The van der Waals surface area contributed by atoms with Gasteiger partial charge in [-0.3, -0.25) is 14.9 Å². The Morgan fingerprint density at radius 1 is 1.41 bits per heavy atom. The van der Waals surface area contributed by atoms with Crippen LogP contribution in [0.15, 0.2) is 36.2 Å². The molecular formula is C11H10N2O4. The minimum atomic E-state index is -0.506. The van der Waals surface area contributed by atoms with Crippen molar-refractivity contribution in [1.82, 2.24) is 5.32 Å². The number of ether oxygens (including phenoxy) is 1. The van der Waals surface area contributed by atoms with Gasteiger partial charge in [0.1, 0.15) is 6.61 Å². The number of benzene rings is 1. The molecule has 0 aliphatic carbocycles. The lowest BCUT2D eigenvalue weighted by atomic mass is 10.1. The summed E-state index contributed by atoms with van der Waals surface area (Å²) in [7, 11) is 0. The molecule has 0 saturated carbocycles. The molecule has 0 unspecified atom stereocenters. The van der Waals surface area contributed by atoms with Crippen LogP contribution < -0.4 is 5.32 Å². The van der Waals surface area contributed by atoms with Crippen LogP contribution in [0.4, 0.5) is 5.69 Å². The van der Waals surface area contributed by atoms with Crippen molar-refractivity contribution in [3.05, 3.63) is 51.9 Å². The molecule has 2 rings (SSSR count). The van der Waals surface area contributed by atoms with Crippen molar-refractivity contribution >= 4 is 11.5 Å². The van der Waals surface area contributed by atoms with E-state index in [0.717, 1.165) is 0 Å². The third-order valence-corrected chi connectivity index (χ3v) is 2.28. The van der Waals surface area contributed by atoms with Crippen LogP contribution >= 0.6 is 0 Å².